The lowest BCUT2D eigenvalue weighted by atomic mass is 10.1. The first-order valence-electron chi connectivity index (χ1n) is 3.54. The average molecular weight is 292 g/mol. The Labute approximate surface area is 91.4 Å². The van der Waals surface area contributed by atoms with E-state index in [1.807, 2.05) is 4.74 Å². The van der Waals surface area contributed by atoms with Gasteiger partial charge in [0, 0.05) is 0 Å². The van der Waals surface area contributed by atoms with E-state index in [1.54, 1.807) is 0 Å². The van der Waals surface area contributed by atoms with Gasteiger partial charge in [-0.3, -0.25) is 0 Å². The van der Waals surface area contributed by atoms with E-state index in [0.717, 1.165) is 0 Å². The molecule has 0 aliphatic carbocycles. The predicted octanol–water partition coefficient (Wildman–Crippen LogP) is 2.99. The zero-order valence-corrected chi connectivity index (χ0v) is 7.67. The molecule has 0 amide bonds. The lowest BCUT2D eigenvalue weighted by Gasteiger charge is -2.28. The maximum Gasteiger partial charge on any atom is 0.473 e. The third-order valence-electron chi connectivity index (χ3n) is 1.39. The van der Waals surface area contributed by atoms with E-state index in [1.165, 1.54) is 0 Å². The Hall–Kier alpha value is -1.62. The largest absolute Gasteiger partial charge is 0.477 e. The van der Waals surface area contributed by atoms with Crippen LogP contribution >= 0.6 is 0 Å². The summed E-state index contributed by atoms with van der Waals surface area (Å²) in [6.07, 6.45) is -10.1. The summed E-state index contributed by atoms with van der Waals surface area (Å²) in [5.74, 6) is -16.8. The van der Waals surface area contributed by atoms with Crippen molar-refractivity contribution in [2.24, 2.45) is 0 Å². The van der Waals surface area contributed by atoms with Gasteiger partial charge in [-0.25, -0.2) is 4.79 Å². The quantitative estimate of drug-likeness (QED) is 0.626. The van der Waals surface area contributed by atoms with E-state index in [9.17, 15) is 44.3 Å². The predicted molar refractivity (Wildman–Crippen MR) is 33.9 cm³/mol. The Morgan fingerprint density at radius 1 is 0.944 bits per heavy atom. The molecule has 0 saturated heterocycles. The zero-order chi connectivity index (χ0) is 14.9. The number of halogens is 9. The molecule has 0 aromatic carbocycles. The van der Waals surface area contributed by atoms with Crippen LogP contribution in [0.5, 0.6) is 0 Å². The number of rotatable bonds is 5. The lowest BCUT2D eigenvalue weighted by molar-refractivity contribution is -0.386. The monoisotopic (exact) mass is 292 g/mol. The summed E-state index contributed by atoms with van der Waals surface area (Å²) in [6, 6.07) is -3.54. The molecule has 0 saturated carbocycles. The third kappa shape index (κ3) is 2.61. The zero-order valence-electron chi connectivity index (χ0n) is 7.67. The highest BCUT2D eigenvalue weighted by Crippen LogP contribution is 2.47. The molecular weight excluding hydrogens is 291 g/mol. The molecule has 0 bridgehead atoms. The van der Waals surface area contributed by atoms with E-state index in [-0.39, 0.29) is 0 Å². The number of carboxylic acids is 1. The standard InChI is InChI=1S/C6HF9O3/c7-1(8)2(9)18-6(14,15)5(12,13)4(10,11)3(16)17/h(H,16,17). The summed E-state index contributed by atoms with van der Waals surface area (Å²) >= 11 is 0. The number of hydrogen-bond acceptors (Lipinski definition) is 2. The molecule has 3 nitrogen and oxygen atoms in total. The van der Waals surface area contributed by atoms with Gasteiger partial charge in [0.15, 0.2) is 0 Å². The fourth-order valence-corrected chi connectivity index (χ4v) is 0.532. The van der Waals surface area contributed by atoms with E-state index in [0.29, 0.717) is 0 Å². The van der Waals surface area contributed by atoms with Crippen LogP contribution in [0.25, 0.3) is 0 Å². The number of carbonyl (C=O) groups is 1. The summed E-state index contributed by atoms with van der Waals surface area (Å²) in [6.45, 7) is 0. The molecule has 0 aliphatic rings. The van der Waals surface area contributed by atoms with Crippen molar-refractivity contribution in [3.8, 4) is 0 Å². The summed E-state index contributed by atoms with van der Waals surface area (Å²) in [4.78, 5) is 9.66. The molecule has 0 aromatic heterocycles. The number of ether oxygens (including phenoxy) is 1. The molecule has 0 unspecified atom stereocenters. The van der Waals surface area contributed by atoms with Gasteiger partial charge in [0.25, 0.3) is 0 Å². The van der Waals surface area contributed by atoms with Crippen molar-refractivity contribution in [2.75, 3.05) is 0 Å². The molecular formula is C6HF9O3. The minimum absolute atomic E-state index is 2.04. The van der Waals surface area contributed by atoms with Gasteiger partial charge in [-0.05, 0) is 0 Å². The number of alkyl halides is 6. The van der Waals surface area contributed by atoms with Crippen LogP contribution in [0.2, 0.25) is 0 Å². The van der Waals surface area contributed by atoms with Crippen LogP contribution in [0.15, 0.2) is 12.1 Å². The highest BCUT2D eigenvalue weighted by Gasteiger charge is 2.78. The van der Waals surface area contributed by atoms with Crippen molar-refractivity contribution in [3.63, 3.8) is 0 Å². The first kappa shape index (κ1) is 16.4. The summed E-state index contributed by atoms with van der Waals surface area (Å²) in [5.41, 5.74) is 0. The van der Waals surface area contributed by atoms with Crippen LogP contribution < -0.4 is 0 Å². The summed E-state index contributed by atoms with van der Waals surface area (Å²) in [7, 11) is 0. The molecule has 0 heterocycles. The molecule has 0 aliphatic heterocycles. The normalized spacial score (nSPS) is 13.2. The summed E-state index contributed by atoms with van der Waals surface area (Å²) in [5, 5.41) is 7.61. The van der Waals surface area contributed by atoms with Gasteiger partial charge in [0.2, 0.25) is 0 Å². The van der Waals surface area contributed by atoms with Crippen molar-refractivity contribution < 1.29 is 54.2 Å². The Kier molecular flexibility index (Phi) is 4.16. The van der Waals surface area contributed by atoms with Gasteiger partial charge in [0.05, 0.1) is 0 Å². The van der Waals surface area contributed by atoms with Gasteiger partial charge in [-0.15, -0.1) is 0 Å². The minimum Gasteiger partial charge on any atom is -0.477 e. The molecule has 0 radical (unpaired) electrons. The van der Waals surface area contributed by atoms with E-state index >= 15 is 0 Å². The number of carboxylic acid groups (broad SMARTS) is 1. The Morgan fingerprint density at radius 3 is 1.61 bits per heavy atom. The topological polar surface area (TPSA) is 46.5 Å². The molecule has 0 rings (SSSR count). The second kappa shape index (κ2) is 4.57. The molecule has 106 valence electrons. The molecule has 12 heteroatoms. The van der Waals surface area contributed by atoms with Crippen molar-refractivity contribution >= 4 is 5.97 Å². The van der Waals surface area contributed by atoms with Crippen molar-refractivity contribution in [3.05, 3.63) is 12.1 Å². The SMILES string of the molecule is O=C(O)C(F)(F)C(F)(F)C(F)(F)OC(F)=C(F)F. The van der Waals surface area contributed by atoms with Crippen LogP contribution in [-0.2, 0) is 9.53 Å². The van der Waals surface area contributed by atoms with Crippen LogP contribution in [0.3, 0.4) is 0 Å². The highest BCUT2D eigenvalue weighted by molar-refractivity contribution is 5.76. The van der Waals surface area contributed by atoms with Crippen LogP contribution in [-0.4, -0.2) is 29.0 Å². The third-order valence-corrected chi connectivity index (χ3v) is 1.39. The van der Waals surface area contributed by atoms with Gasteiger partial charge < -0.3 is 9.84 Å². The van der Waals surface area contributed by atoms with Gasteiger partial charge >= 0.3 is 36.0 Å². The smallest absolute Gasteiger partial charge is 0.473 e. The number of hydrogen-bond donors (Lipinski definition) is 1. The van der Waals surface area contributed by atoms with Crippen LogP contribution in [0, 0.1) is 0 Å². The first-order valence-corrected chi connectivity index (χ1v) is 3.54. The van der Waals surface area contributed by atoms with Crippen molar-refractivity contribution in [1.82, 2.24) is 0 Å². The fraction of sp³-hybridized carbons (Fsp3) is 0.500. The van der Waals surface area contributed by atoms with Gasteiger partial charge in [0.1, 0.15) is 0 Å². The molecule has 0 spiro atoms. The molecule has 0 atom stereocenters. The maximum atomic E-state index is 12.4. The van der Waals surface area contributed by atoms with Crippen LogP contribution in [0.4, 0.5) is 39.5 Å². The van der Waals surface area contributed by atoms with E-state index in [2.05, 4.69) is 0 Å². The number of aliphatic carboxylic acids is 1. The van der Waals surface area contributed by atoms with Crippen LogP contribution in [0.1, 0.15) is 0 Å². The molecule has 1 N–H and O–H groups in total. The Bertz CT molecular complexity index is 370. The Balaban J connectivity index is 5.47. The lowest BCUT2D eigenvalue weighted by Crippen LogP contribution is -2.58. The minimum atomic E-state index is -6.77. The maximum absolute atomic E-state index is 12.4. The average Bonchev–Trinajstić information content (AvgIpc) is 2.15. The second-order valence-electron chi connectivity index (χ2n) is 2.61. The van der Waals surface area contributed by atoms with Crippen molar-refractivity contribution in [1.29, 1.82) is 0 Å². The van der Waals surface area contributed by atoms with Gasteiger partial charge in [-0.2, -0.15) is 39.5 Å². The van der Waals surface area contributed by atoms with E-state index in [4.69, 9.17) is 5.11 Å². The molecule has 18 heavy (non-hydrogen) atoms. The molecule has 0 aromatic rings. The highest BCUT2D eigenvalue weighted by atomic mass is 19.4. The van der Waals surface area contributed by atoms with E-state index < -0.39 is 36.0 Å². The molecule has 0 fully saturated rings. The first-order chi connectivity index (χ1) is 7.77. The van der Waals surface area contributed by atoms with Crippen molar-refractivity contribution in [2.45, 2.75) is 18.0 Å². The fourth-order valence-electron chi connectivity index (χ4n) is 0.532. The Morgan fingerprint density at radius 2 is 1.33 bits per heavy atom. The summed E-state index contributed by atoms with van der Waals surface area (Å²) < 4.78 is 110. The second-order valence-corrected chi connectivity index (χ2v) is 2.61. The van der Waals surface area contributed by atoms with Gasteiger partial charge in [-0.1, -0.05) is 0 Å².